The van der Waals surface area contributed by atoms with Crippen molar-refractivity contribution in [2.75, 3.05) is 6.54 Å². The van der Waals surface area contributed by atoms with Crippen molar-refractivity contribution in [2.45, 2.75) is 39.0 Å². The summed E-state index contributed by atoms with van der Waals surface area (Å²) in [4.78, 5) is 12.6. The topological polar surface area (TPSA) is 50.2 Å². The minimum atomic E-state index is 0.370. The second-order valence-electron chi connectivity index (χ2n) is 5.70. The van der Waals surface area contributed by atoms with Crippen LogP contribution in [0.4, 0.5) is 0 Å². The first-order valence-corrected chi connectivity index (χ1v) is 7.11. The van der Waals surface area contributed by atoms with Gasteiger partial charge in [-0.2, -0.15) is 0 Å². The molecule has 0 bridgehead atoms. The summed E-state index contributed by atoms with van der Waals surface area (Å²) < 4.78 is 0. The maximum absolute atomic E-state index is 4.54. The molecule has 0 fully saturated rings. The second kappa shape index (κ2) is 5.69. The highest BCUT2D eigenvalue weighted by Crippen LogP contribution is 2.31. The molecule has 0 spiro atoms. The van der Waals surface area contributed by atoms with Gasteiger partial charge in [-0.05, 0) is 17.9 Å². The molecule has 18 heavy (non-hydrogen) atoms. The monoisotopic (exact) mass is 264 g/mol. The molecule has 0 radical (unpaired) electrons. The van der Waals surface area contributed by atoms with E-state index < -0.39 is 0 Å². The molecule has 1 atom stereocenters. The highest BCUT2D eigenvalue weighted by molar-refractivity contribution is 8.14. The smallest absolute Gasteiger partial charge is 0.157 e. The number of nitrogens with one attached hydrogen (secondary N) is 1. The maximum Gasteiger partial charge on any atom is 0.157 e. The van der Waals surface area contributed by atoms with E-state index in [1.807, 2.05) is 17.8 Å². The Morgan fingerprint density at radius 2 is 2.28 bits per heavy atom. The molecule has 2 heterocycles. The summed E-state index contributed by atoms with van der Waals surface area (Å²) in [5, 5.41) is 4.99. The van der Waals surface area contributed by atoms with Gasteiger partial charge < -0.3 is 5.32 Å². The Labute approximate surface area is 113 Å². The molecule has 2 rings (SSSR count). The Hall–Kier alpha value is -1.10. The highest BCUT2D eigenvalue weighted by atomic mass is 32.2. The van der Waals surface area contributed by atoms with Crippen LogP contribution in [0.25, 0.3) is 0 Å². The molecule has 0 aliphatic carbocycles. The van der Waals surface area contributed by atoms with Crippen molar-refractivity contribution >= 4 is 16.9 Å². The first-order chi connectivity index (χ1) is 8.53. The van der Waals surface area contributed by atoms with E-state index in [0.29, 0.717) is 10.7 Å². The summed E-state index contributed by atoms with van der Waals surface area (Å²) in [6, 6.07) is 1.92. The molecule has 98 valence electrons. The number of rotatable bonds is 3. The molecular formula is C13H20N4S. The molecule has 5 heteroatoms. The Bertz CT molecular complexity index is 411. The lowest BCUT2D eigenvalue weighted by atomic mass is 9.90. The van der Waals surface area contributed by atoms with Crippen LogP contribution in [0.3, 0.4) is 0 Å². The molecule has 0 saturated heterocycles. The van der Waals surface area contributed by atoms with Gasteiger partial charge in [0.15, 0.2) is 5.17 Å². The van der Waals surface area contributed by atoms with Crippen molar-refractivity contribution in [2.24, 2.45) is 10.4 Å². The minimum Gasteiger partial charge on any atom is -0.359 e. The normalized spacial score (nSPS) is 19.7. The Morgan fingerprint density at radius 1 is 1.44 bits per heavy atom. The zero-order valence-electron chi connectivity index (χ0n) is 11.2. The number of hydrogen-bond donors (Lipinski definition) is 1. The van der Waals surface area contributed by atoms with Gasteiger partial charge in [0.05, 0.1) is 18.8 Å². The van der Waals surface area contributed by atoms with E-state index in [-0.39, 0.29) is 0 Å². The van der Waals surface area contributed by atoms with Crippen LogP contribution in [0.5, 0.6) is 0 Å². The number of hydrogen-bond acceptors (Lipinski definition) is 5. The largest absolute Gasteiger partial charge is 0.359 e. The summed E-state index contributed by atoms with van der Waals surface area (Å²) in [7, 11) is 0. The van der Waals surface area contributed by atoms with Crippen molar-refractivity contribution in [1.82, 2.24) is 15.3 Å². The highest BCUT2D eigenvalue weighted by Gasteiger charge is 2.24. The van der Waals surface area contributed by atoms with E-state index in [9.17, 15) is 0 Å². The predicted octanol–water partition coefficient (Wildman–Crippen LogP) is 2.47. The lowest BCUT2D eigenvalue weighted by Gasteiger charge is -2.21. The number of aliphatic imine (C=N–C) groups is 1. The average molecular weight is 264 g/mol. The van der Waals surface area contributed by atoms with Crippen molar-refractivity contribution in [3.05, 3.63) is 24.3 Å². The van der Waals surface area contributed by atoms with Gasteiger partial charge in [-0.3, -0.25) is 4.99 Å². The fourth-order valence-electron chi connectivity index (χ4n) is 1.89. The second-order valence-corrected chi connectivity index (χ2v) is 6.99. The van der Waals surface area contributed by atoms with E-state index in [1.54, 1.807) is 12.5 Å². The van der Waals surface area contributed by atoms with Crippen molar-refractivity contribution in [3.63, 3.8) is 0 Å². The molecular weight excluding hydrogens is 244 g/mol. The van der Waals surface area contributed by atoms with Crippen LogP contribution in [-0.4, -0.2) is 26.9 Å². The Morgan fingerprint density at radius 3 is 2.94 bits per heavy atom. The summed E-state index contributed by atoms with van der Waals surface area (Å²) in [5.41, 5.74) is 1.36. The summed E-state index contributed by atoms with van der Waals surface area (Å²) in [5.74, 6) is 0. The fraction of sp³-hybridized carbons (Fsp3) is 0.615. The van der Waals surface area contributed by atoms with Gasteiger partial charge in [0, 0.05) is 11.4 Å². The lowest BCUT2D eigenvalue weighted by molar-refractivity contribution is 0.375. The SMILES string of the molecule is CC(C)(C)CC1CN=C(NCc2ccncn2)S1. The van der Waals surface area contributed by atoms with Crippen LogP contribution in [0, 0.1) is 5.41 Å². The first kappa shape index (κ1) is 13.3. The van der Waals surface area contributed by atoms with Crippen LogP contribution >= 0.6 is 11.8 Å². The predicted molar refractivity (Wildman–Crippen MR) is 76.6 cm³/mol. The van der Waals surface area contributed by atoms with Crippen LogP contribution in [0.2, 0.25) is 0 Å². The Kier molecular flexibility index (Phi) is 4.22. The van der Waals surface area contributed by atoms with Crippen molar-refractivity contribution in [3.8, 4) is 0 Å². The van der Waals surface area contributed by atoms with E-state index in [1.165, 1.54) is 6.42 Å². The summed E-state index contributed by atoms with van der Waals surface area (Å²) in [6.45, 7) is 8.48. The Balaban J connectivity index is 1.76. The number of aromatic nitrogens is 2. The van der Waals surface area contributed by atoms with Gasteiger partial charge in [0.25, 0.3) is 0 Å². The standard InChI is InChI=1S/C13H20N4S/c1-13(2,3)6-11-8-16-12(18-11)15-7-10-4-5-14-9-17-10/h4-5,9,11H,6-8H2,1-3H3,(H,15,16). The zero-order chi connectivity index (χ0) is 13.0. The van der Waals surface area contributed by atoms with Gasteiger partial charge in [-0.25, -0.2) is 9.97 Å². The van der Waals surface area contributed by atoms with Gasteiger partial charge in [-0.1, -0.05) is 32.5 Å². The molecule has 1 N–H and O–H groups in total. The lowest BCUT2D eigenvalue weighted by Crippen LogP contribution is -2.20. The molecule has 1 unspecified atom stereocenters. The number of amidine groups is 1. The van der Waals surface area contributed by atoms with E-state index >= 15 is 0 Å². The van der Waals surface area contributed by atoms with Gasteiger partial charge in [-0.15, -0.1) is 0 Å². The van der Waals surface area contributed by atoms with E-state index in [0.717, 1.165) is 24.0 Å². The third kappa shape index (κ3) is 4.29. The number of thioether (sulfide) groups is 1. The molecule has 1 aromatic heterocycles. The van der Waals surface area contributed by atoms with Crippen molar-refractivity contribution < 1.29 is 0 Å². The number of nitrogens with zero attached hydrogens (tertiary/aromatic N) is 3. The van der Waals surface area contributed by atoms with E-state index in [4.69, 9.17) is 0 Å². The minimum absolute atomic E-state index is 0.370. The molecule has 1 aliphatic rings. The zero-order valence-corrected chi connectivity index (χ0v) is 12.0. The summed E-state index contributed by atoms with van der Waals surface area (Å²) >= 11 is 1.85. The van der Waals surface area contributed by atoms with Crippen LogP contribution < -0.4 is 5.32 Å². The molecule has 1 aliphatic heterocycles. The third-order valence-electron chi connectivity index (χ3n) is 2.62. The maximum atomic E-state index is 4.54. The van der Waals surface area contributed by atoms with Gasteiger partial charge in [0.2, 0.25) is 0 Å². The van der Waals surface area contributed by atoms with Crippen molar-refractivity contribution in [1.29, 1.82) is 0 Å². The first-order valence-electron chi connectivity index (χ1n) is 6.23. The molecule has 1 aromatic rings. The average Bonchev–Trinajstić information content (AvgIpc) is 2.73. The molecule has 4 nitrogen and oxygen atoms in total. The summed E-state index contributed by atoms with van der Waals surface area (Å²) in [6.07, 6.45) is 4.53. The van der Waals surface area contributed by atoms with Gasteiger partial charge in [0.1, 0.15) is 6.33 Å². The van der Waals surface area contributed by atoms with Gasteiger partial charge >= 0.3 is 0 Å². The molecule has 0 amide bonds. The molecule has 0 saturated carbocycles. The fourth-order valence-corrected chi connectivity index (χ4v) is 3.25. The van der Waals surface area contributed by atoms with Crippen LogP contribution in [0.1, 0.15) is 32.9 Å². The van der Waals surface area contributed by atoms with Crippen LogP contribution in [0.15, 0.2) is 23.6 Å². The third-order valence-corrected chi connectivity index (χ3v) is 3.77. The molecule has 0 aromatic carbocycles. The van der Waals surface area contributed by atoms with Crippen LogP contribution in [-0.2, 0) is 6.54 Å². The van der Waals surface area contributed by atoms with E-state index in [2.05, 4.69) is 41.0 Å². The quantitative estimate of drug-likeness (QED) is 0.911.